The van der Waals surface area contributed by atoms with Crippen LogP contribution in [-0.4, -0.2) is 53.4 Å². The summed E-state index contributed by atoms with van der Waals surface area (Å²) in [5.41, 5.74) is -0.603. The highest BCUT2D eigenvalue weighted by Crippen LogP contribution is 2.50. The molecular weight excluding hydrogens is 396 g/mol. The lowest BCUT2D eigenvalue weighted by Gasteiger charge is -2.30. The van der Waals surface area contributed by atoms with Gasteiger partial charge in [-0.3, -0.25) is 15.1 Å². The Kier molecular flexibility index (Phi) is 5.97. The molecule has 10 nitrogen and oxygen atoms in total. The molecule has 1 aliphatic heterocycles. The van der Waals surface area contributed by atoms with Gasteiger partial charge < -0.3 is 28.4 Å². The Morgan fingerprint density at radius 3 is 2.10 bits per heavy atom. The Morgan fingerprint density at radius 1 is 0.933 bits per heavy atom. The van der Waals surface area contributed by atoms with Crippen molar-refractivity contribution in [2.75, 3.05) is 42.3 Å². The van der Waals surface area contributed by atoms with E-state index < -0.39 is 10.5 Å². The number of methoxy groups -OCH3 is 5. The summed E-state index contributed by atoms with van der Waals surface area (Å²) in [6.45, 7) is 0.0552. The van der Waals surface area contributed by atoms with Gasteiger partial charge in [-0.2, -0.15) is 0 Å². The van der Waals surface area contributed by atoms with Gasteiger partial charge in [0.05, 0.1) is 40.5 Å². The molecule has 30 heavy (non-hydrogen) atoms. The van der Waals surface area contributed by atoms with E-state index in [0.717, 1.165) is 0 Å². The lowest BCUT2D eigenvalue weighted by molar-refractivity contribution is -0.385. The third-order valence-corrected chi connectivity index (χ3v) is 4.83. The van der Waals surface area contributed by atoms with Crippen molar-refractivity contribution < 1.29 is 33.3 Å². The molecule has 1 aliphatic rings. The minimum Gasteiger partial charge on any atom is -0.493 e. The lowest BCUT2D eigenvalue weighted by atomic mass is 9.85. The molecule has 0 aliphatic carbocycles. The molecule has 0 amide bonds. The fourth-order valence-corrected chi connectivity index (χ4v) is 3.49. The molecular formula is C20H22N2O8. The third-order valence-electron chi connectivity index (χ3n) is 4.83. The summed E-state index contributed by atoms with van der Waals surface area (Å²) >= 11 is 0. The highest BCUT2D eigenvalue weighted by atomic mass is 16.6. The Labute approximate surface area is 173 Å². The number of nitro benzene ring substituents is 1. The topological polar surface area (TPSA) is 111 Å². The molecule has 0 saturated carbocycles. The zero-order valence-electron chi connectivity index (χ0n) is 17.3. The van der Waals surface area contributed by atoms with E-state index in [4.69, 9.17) is 28.4 Å². The van der Waals surface area contributed by atoms with Crippen molar-refractivity contribution in [2.24, 2.45) is 4.99 Å². The zero-order valence-corrected chi connectivity index (χ0v) is 17.3. The summed E-state index contributed by atoms with van der Waals surface area (Å²) in [7, 11) is 7.22. The monoisotopic (exact) mass is 418 g/mol. The number of aliphatic imine (C=N–C) groups is 1. The molecule has 3 rings (SSSR count). The predicted octanol–water partition coefficient (Wildman–Crippen LogP) is 2.94. The smallest absolute Gasteiger partial charge is 0.315 e. The maximum atomic E-state index is 11.7. The van der Waals surface area contributed by atoms with E-state index in [9.17, 15) is 10.1 Å². The van der Waals surface area contributed by atoms with E-state index in [-0.39, 0.29) is 23.9 Å². The van der Waals surface area contributed by atoms with Gasteiger partial charge in [0.1, 0.15) is 6.73 Å². The molecule has 0 saturated heterocycles. The number of ether oxygens (including phenoxy) is 6. The van der Waals surface area contributed by atoms with Crippen LogP contribution < -0.4 is 23.7 Å². The van der Waals surface area contributed by atoms with Crippen LogP contribution >= 0.6 is 0 Å². The third kappa shape index (κ3) is 3.24. The Bertz CT molecular complexity index is 991. The molecule has 0 radical (unpaired) electrons. The van der Waals surface area contributed by atoms with Gasteiger partial charge >= 0.3 is 5.69 Å². The second-order valence-electron chi connectivity index (χ2n) is 6.19. The van der Waals surface area contributed by atoms with Crippen LogP contribution in [0.15, 0.2) is 29.3 Å². The minimum atomic E-state index is -1.28. The van der Waals surface area contributed by atoms with Gasteiger partial charge in [-0.15, -0.1) is 0 Å². The summed E-state index contributed by atoms with van der Waals surface area (Å²) in [6, 6.07) is 6.41. The maximum Gasteiger partial charge on any atom is 0.315 e. The summed E-state index contributed by atoms with van der Waals surface area (Å²) in [5.74, 6) is 1.36. The number of benzene rings is 2. The summed E-state index contributed by atoms with van der Waals surface area (Å²) in [6.07, 6.45) is 1.57. The van der Waals surface area contributed by atoms with Gasteiger partial charge in [0.2, 0.25) is 11.5 Å². The van der Waals surface area contributed by atoms with E-state index in [2.05, 4.69) is 4.99 Å². The second kappa shape index (κ2) is 8.46. The van der Waals surface area contributed by atoms with Crippen molar-refractivity contribution in [3.63, 3.8) is 0 Å². The quantitative estimate of drug-likeness (QED) is 0.475. The fourth-order valence-electron chi connectivity index (χ4n) is 3.49. The maximum absolute atomic E-state index is 11.7. The van der Waals surface area contributed by atoms with E-state index in [1.54, 1.807) is 24.4 Å². The van der Waals surface area contributed by atoms with Gasteiger partial charge in [-0.25, -0.2) is 0 Å². The molecule has 0 aromatic heterocycles. The van der Waals surface area contributed by atoms with E-state index in [1.807, 2.05) is 0 Å². The lowest BCUT2D eigenvalue weighted by Crippen LogP contribution is -2.30. The van der Waals surface area contributed by atoms with Crippen LogP contribution in [0.4, 0.5) is 5.69 Å². The average Bonchev–Trinajstić information content (AvgIpc) is 3.27. The molecule has 2 aromatic rings. The van der Waals surface area contributed by atoms with Gasteiger partial charge in [0.15, 0.2) is 22.8 Å². The Morgan fingerprint density at radius 2 is 1.60 bits per heavy atom. The molecule has 160 valence electrons. The predicted molar refractivity (Wildman–Crippen MR) is 108 cm³/mol. The van der Waals surface area contributed by atoms with Gasteiger partial charge in [0, 0.05) is 23.4 Å². The van der Waals surface area contributed by atoms with Crippen molar-refractivity contribution in [1.82, 2.24) is 0 Å². The van der Waals surface area contributed by atoms with Crippen molar-refractivity contribution in [3.05, 3.63) is 45.5 Å². The van der Waals surface area contributed by atoms with Gasteiger partial charge in [-0.1, -0.05) is 0 Å². The van der Waals surface area contributed by atoms with Crippen LogP contribution in [0.2, 0.25) is 0 Å². The van der Waals surface area contributed by atoms with Crippen LogP contribution in [0.1, 0.15) is 11.1 Å². The molecule has 0 spiro atoms. The highest BCUT2D eigenvalue weighted by molar-refractivity contribution is 5.82. The molecule has 10 heteroatoms. The molecule has 0 bridgehead atoms. The highest BCUT2D eigenvalue weighted by Gasteiger charge is 2.43. The van der Waals surface area contributed by atoms with E-state index >= 15 is 0 Å². The van der Waals surface area contributed by atoms with Crippen LogP contribution in [0, 0.1) is 10.1 Å². The second-order valence-corrected chi connectivity index (χ2v) is 6.19. The first kappa shape index (κ1) is 21.2. The van der Waals surface area contributed by atoms with E-state index in [1.165, 1.54) is 41.6 Å². The minimum absolute atomic E-state index is 0.00983. The largest absolute Gasteiger partial charge is 0.493 e. The number of nitrogens with zero attached hydrogens (tertiary/aromatic N) is 2. The first-order valence-electron chi connectivity index (χ1n) is 8.82. The molecule has 0 fully saturated rings. The van der Waals surface area contributed by atoms with E-state index in [0.29, 0.717) is 28.4 Å². The van der Waals surface area contributed by atoms with Gasteiger partial charge in [-0.05, 0) is 18.2 Å². The fraction of sp³-hybridized carbons (Fsp3) is 0.350. The van der Waals surface area contributed by atoms with Crippen molar-refractivity contribution in [2.45, 2.75) is 5.60 Å². The summed E-state index contributed by atoms with van der Waals surface area (Å²) in [5, 5.41) is 11.7. The molecule has 1 atom stereocenters. The number of hydrogen-bond acceptors (Lipinski definition) is 9. The Balaban J connectivity index is 2.34. The summed E-state index contributed by atoms with van der Waals surface area (Å²) in [4.78, 5) is 15.4. The normalized spacial score (nSPS) is 17.5. The number of rotatable bonds is 8. The zero-order chi connectivity index (χ0) is 21.9. The van der Waals surface area contributed by atoms with Crippen LogP contribution in [0.3, 0.4) is 0 Å². The number of hydrogen-bond donors (Lipinski definition) is 0. The van der Waals surface area contributed by atoms with Gasteiger partial charge in [0.25, 0.3) is 0 Å². The van der Waals surface area contributed by atoms with Crippen LogP contribution in [-0.2, 0) is 10.3 Å². The van der Waals surface area contributed by atoms with Crippen LogP contribution in [0.5, 0.6) is 28.7 Å². The SMILES string of the molecule is COc1cc(C2(c3ccc(OC)c(OC)c3OC)C=NCO2)cc([N+](=O)[O-])c1OC. The first-order chi connectivity index (χ1) is 14.5. The molecule has 2 aromatic carbocycles. The van der Waals surface area contributed by atoms with Crippen molar-refractivity contribution in [1.29, 1.82) is 0 Å². The summed E-state index contributed by atoms with van der Waals surface area (Å²) < 4.78 is 33.0. The van der Waals surface area contributed by atoms with Crippen molar-refractivity contribution >= 4 is 11.9 Å². The molecule has 1 unspecified atom stereocenters. The molecule has 0 N–H and O–H groups in total. The van der Waals surface area contributed by atoms with Crippen LogP contribution in [0.25, 0.3) is 0 Å². The standard InChI is InChI=1S/C20H22N2O8/c1-25-15-7-6-13(17(27-3)19(15)29-5)20(10-21-11-30-20)12-8-14(22(23)24)18(28-4)16(9-12)26-2/h6-10H,11H2,1-5H3. The van der Waals surface area contributed by atoms with Crippen molar-refractivity contribution in [3.8, 4) is 28.7 Å². The first-order valence-corrected chi connectivity index (χ1v) is 8.82. The average molecular weight is 418 g/mol. The molecule has 1 heterocycles. The number of nitro groups is 1. The Hall–Kier alpha value is -3.53.